The van der Waals surface area contributed by atoms with Gasteiger partial charge in [-0.2, -0.15) is 0 Å². The van der Waals surface area contributed by atoms with E-state index in [9.17, 15) is 15.0 Å². The number of aromatic hydroxyl groups is 2. The number of ketones is 1. The molecule has 0 spiro atoms. The summed E-state index contributed by atoms with van der Waals surface area (Å²) in [6.07, 6.45) is 1.64. The van der Waals surface area contributed by atoms with Gasteiger partial charge < -0.3 is 15.2 Å². The van der Waals surface area contributed by atoms with Gasteiger partial charge >= 0.3 is 0 Å². The molecule has 1 aromatic carbocycles. The van der Waals surface area contributed by atoms with E-state index in [1.165, 1.54) is 18.2 Å². The Morgan fingerprint density at radius 1 is 1.19 bits per heavy atom. The van der Waals surface area contributed by atoms with Crippen molar-refractivity contribution in [3.63, 3.8) is 0 Å². The largest absolute Gasteiger partial charge is 0.507 e. The summed E-state index contributed by atoms with van der Waals surface area (Å²) in [4.78, 5) is 14.8. The van der Waals surface area contributed by atoms with E-state index in [1.807, 2.05) is 0 Å². The molecule has 0 aliphatic rings. The van der Waals surface area contributed by atoms with Crippen LogP contribution in [0.4, 0.5) is 0 Å². The first-order valence-electron chi connectivity index (χ1n) is 4.81. The molecule has 16 heavy (non-hydrogen) atoms. The lowest BCUT2D eigenvalue weighted by molar-refractivity contribution is 0.102. The molecule has 3 N–H and O–H groups in total. The molecule has 2 aromatic rings. The number of hydrogen-bond acceptors (Lipinski definition) is 3. The monoisotopic (exact) mass is 217 g/mol. The third kappa shape index (κ3) is 1.54. The molecule has 0 radical (unpaired) electrons. The average molecular weight is 217 g/mol. The first-order chi connectivity index (χ1) is 7.61. The van der Waals surface area contributed by atoms with E-state index >= 15 is 0 Å². The fraction of sp³-hybridized carbons (Fsp3) is 0.0833. The second kappa shape index (κ2) is 3.73. The number of aromatic amines is 1. The van der Waals surface area contributed by atoms with Crippen LogP contribution in [0.2, 0.25) is 0 Å². The van der Waals surface area contributed by atoms with Crippen molar-refractivity contribution in [2.45, 2.75) is 6.92 Å². The number of H-pyrrole nitrogens is 1. The van der Waals surface area contributed by atoms with Gasteiger partial charge in [0.05, 0.1) is 5.69 Å². The van der Waals surface area contributed by atoms with Crippen LogP contribution in [0.5, 0.6) is 11.5 Å². The highest BCUT2D eigenvalue weighted by Gasteiger charge is 2.19. The van der Waals surface area contributed by atoms with Gasteiger partial charge in [-0.15, -0.1) is 0 Å². The van der Waals surface area contributed by atoms with Crippen molar-refractivity contribution in [1.82, 2.24) is 4.98 Å². The van der Waals surface area contributed by atoms with E-state index in [-0.39, 0.29) is 17.1 Å². The van der Waals surface area contributed by atoms with Gasteiger partial charge in [0.2, 0.25) is 5.78 Å². The topological polar surface area (TPSA) is 73.3 Å². The molecule has 0 fully saturated rings. The van der Waals surface area contributed by atoms with E-state index < -0.39 is 5.78 Å². The maximum absolute atomic E-state index is 12.0. The predicted molar refractivity (Wildman–Crippen MR) is 58.7 cm³/mol. The molecule has 4 heteroatoms. The zero-order valence-corrected chi connectivity index (χ0v) is 8.69. The van der Waals surface area contributed by atoms with Gasteiger partial charge in [0.1, 0.15) is 17.1 Å². The molecular weight excluding hydrogens is 206 g/mol. The van der Waals surface area contributed by atoms with Crippen LogP contribution in [0.3, 0.4) is 0 Å². The number of phenols is 2. The van der Waals surface area contributed by atoms with Gasteiger partial charge in [0, 0.05) is 6.20 Å². The van der Waals surface area contributed by atoms with E-state index in [2.05, 4.69) is 4.98 Å². The number of rotatable bonds is 2. The number of nitrogens with one attached hydrogen (secondary N) is 1. The number of carbonyl (C=O) groups is 1. The van der Waals surface area contributed by atoms with Crippen molar-refractivity contribution in [3.8, 4) is 11.5 Å². The van der Waals surface area contributed by atoms with Crippen LogP contribution in [-0.2, 0) is 0 Å². The number of phenolic OH excluding ortho intramolecular Hbond substituents is 2. The quantitative estimate of drug-likeness (QED) is 0.673. The predicted octanol–water partition coefficient (Wildman–Crippen LogP) is 1.97. The Morgan fingerprint density at radius 2 is 1.81 bits per heavy atom. The summed E-state index contributed by atoms with van der Waals surface area (Å²) in [5.41, 5.74) is 1.07. The van der Waals surface area contributed by atoms with Crippen LogP contribution in [0, 0.1) is 6.92 Å². The maximum atomic E-state index is 12.0. The molecule has 0 amide bonds. The van der Waals surface area contributed by atoms with Gasteiger partial charge in [-0.25, -0.2) is 0 Å². The van der Waals surface area contributed by atoms with Gasteiger partial charge in [0.15, 0.2) is 0 Å². The molecule has 0 aliphatic heterocycles. The molecule has 0 aliphatic carbocycles. The van der Waals surface area contributed by atoms with Crippen molar-refractivity contribution in [2.75, 3.05) is 0 Å². The van der Waals surface area contributed by atoms with Gasteiger partial charge in [-0.1, -0.05) is 6.07 Å². The summed E-state index contributed by atoms with van der Waals surface area (Å²) in [5, 5.41) is 19.1. The summed E-state index contributed by atoms with van der Waals surface area (Å²) in [7, 11) is 0. The van der Waals surface area contributed by atoms with E-state index in [0.29, 0.717) is 5.69 Å². The Kier molecular flexibility index (Phi) is 2.40. The second-order valence-corrected chi connectivity index (χ2v) is 3.54. The standard InChI is InChI=1S/C12H11NO3/c1-7-5-6-13-11(7)12(16)10-8(14)3-2-4-9(10)15/h2-6,13-15H,1H3. The molecule has 2 rings (SSSR count). The maximum Gasteiger partial charge on any atom is 0.216 e. The van der Waals surface area contributed by atoms with E-state index in [1.54, 1.807) is 19.2 Å². The molecular formula is C12H11NO3. The van der Waals surface area contributed by atoms with Crippen LogP contribution in [-0.4, -0.2) is 21.0 Å². The number of aryl methyl sites for hydroxylation is 1. The summed E-state index contributed by atoms with van der Waals surface area (Å²) >= 11 is 0. The highest BCUT2D eigenvalue weighted by Crippen LogP contribution is 2.29. The number of benzene rings is 1. The van der Waals surface area contributed by atoms with Gasteiger partial charge in [0.25, 0.3) is 0 Å². The molecule has 0 saturated carbocycles. The Bertz CT molecular complexity index is 523. The molecule has 0 unspecified atom stereocenters. The molecule has 0 saturated heterocycles. The Balaban J connectivity index is 2.54. The Morgan fingerprint density at radius 3 is 2.31 bits per heavy atom. The summed E-state index contributed by atoms with van der Waals surface area (Å²) in [6.45, 7) is 1.78. The van der Waals surface area contributed by atoms with Crippen LogP contribution >= 0.6 is 0 Å². The minimum Gasteiger partial charge on any atom is -0.507 e. The zero-order chi connectivity index (χ0) is 11.7. The first-order valence-corrected chi connectivity index (χ1v) is 4.81. The SMILES string of the molecule is Cc1cc[nH]c1C(=O)c1c(O)cccc1O. The smallest absolute Gasteiger partial charge is 0.216 e. The molecule has 1 aromatic heterocycles. The van der Waals surface area contributed by atoms with E-state index in [0.717, 1.165) is 5.56 Å². The van der Waals surface area contributed by atoms with Crippen LogP contribution in [0.25, 0.3) is 0 Å². The van der Waals surface area contributed by atoms with Gasteiger partial charge in [-0.05, 0) is 30.7 Å². The highest BCUT2D eigenvalue weighted by atomic mass is 16.3. The van der Waals surface area contributed by atoms with Crippen molar-refractivity contribution in [3.05, 3.63) is 47.3 Å². The highest BCUT2D eigenvalue weighted by molar-refractivity contribution is 6.12. The molecule has 1 heterocycles. The normalized spacial score (nSPS) is 10.3. The fourth-order valence-corrected chi connectivity index (χ4v) is 1.58. The van der Waals surface area contributed by atoms with Crippen molar-refractivity contribution in [2.24, 2.45) is 0 Å². The molecule has 4 nitrogen and oxygen atoms in total. The first kappa shape index (κ1) is 10.3. The van der Waals surface area contributed by atoms with Crippen molar-refractivity contribution in [1.29, 1.82) is 0 Å². The van der Waals surface area contributed by atoms with E-state index in [4.69, 9.17) is 0 Å². The lowest BCUT2D eigenvalue weighted by Gasteiger charge is -2.05. The summed E-state index contributed by atoms with van der Waals surface area (Å²) < 4.78 is 0. The fourth-order valence-electron chi connectivity index (χ4n) is 1.58. The lowest BCUT2D eigenvalue weighted by atomic mass is 10.0. The minimum absolute atomic E-state index is 0.0759. The number of hydrogen-bond donors (Lipinski definition) is 3. The minimum atomic E-state index is -0.418. The van der Waals surface area contributed by atoms with Crippen LogP contribution < -0.4 is 0 Å². The average Bonchev–Trinajstić information content (AvgIpc) is 2.64. The number of aromatic nitrogens is 1. The zero-order valence-electron chi connectivity index (χ0n) is 8.69. The third-order valence-corrected chi connectivity index (χ3v) is 2.43. The Labute approximate surface area is 92.2 Å². The molecule has 0 atom stereocenters. The van der Waals surface area contributed by atoms with Gasteiger partial charge in [-0.3, -0.25) is 4.79 Å². The van der Waals surface area contributed by atoms with Crippen molar-refractivity contribution < 1.29 is 15.0 Å². The molecule has 82 valence electrons. The van der Waals surface area contributed by atoms with Crippen LogP contribution in [0.1, 0.15) is 21.6 Å². The molecule has 0 bridgehead atoms. The third-order valence-electron chi connectivity index (χ3n) is 2.43. The lowest BCUT2D eigenvalue weighted by Crippen LogP contribution is -2.04. The second-order valence-electron chi connectivity index (χ2n) is 3.54. The summed E-state index contributed by atoms with van der Waals surface area (Å²) in [6, 6.07) is 5.96. The number of carbonyl (C=O) groups excluding carboxylic acids is 1. The summed E-state index contributed by atoms with van der Waals surface area (Å²) in [5.74, 6) is -0.865. The Hall–Kier alpha value is -2.23. The van der Waals surface area contributed by atoms with Crippen LogP contribution in [0.15, 0.2) is 30.5 Å². The van der Waals surface area contributed by atoms with Crippen molar-refractivity contribution >= 4 is 5.78 Å².